The molecule has 1 fully saturated rings. The lowest BCUT2D eigenvalue weighted by atomic mass is 10.1. The second-order valence-electron chi connectivity index (χ2n) is 7.69. The maximum absolute atomic E-state index is 13.3. The number of nitrogens with one attached hydrogen (secondary N) is 2. The molecule has 0 aliphatic carbocycles. The van der Waals surface area contributed by atoms with Gasteiger partial charge in [-0.1, -0.05) is 17.7 Å². The number of hydrogen-bond donors (Lipinski definition) is 2. The zero-order valence-corrected chi connectivity index (χ0v) is 19.2. The molecule has 33 heavy (non-hydrogen) atoms. The number of carbonyl (C=O) groups is 2. The lowest BCUT2D eigenvalue weighted by molar-refractivity contribution is -0.137. The van der Waals surface area contributed by atoms with Crippen molar-refractivity contribution in [1.82, 2.24) is 0 Å². The Kier molecular flexibility index (Phi) is 8.25. The number of alkyl halides is 3. The Morgan fingerprint density at radius 3 is 2.39 bits per heavy atom. The Labute approximate surface area is 194 Å². The second-order valence-corrected chi connectivity index (χ2v) is 9.01. The van der Waals surface area contributed by atoms with Crippen molar-refractivity contribution >= 4 is 40.6 Å². The highest BCUT2D eigenvalue weighted by Gasteiger charge is 2.32. The molecule has 1 saturated heterocycles. The van der Waals surface area contributed by atoms with Crippen LogP contribution in [0.2, 0.25) is 0 Å². The fourth-order valence-electron chi connectivity index (χ4n) is 3.24. The molecule has 1 heterocycles. The van der Waals surface area contributed by atoms with Crippen LogP contribution in [-0.4, -0.2) is 49.1 Å². The van der Waals surface area contributed by atoms with Crippen LogP contribution in [0, 0.1) is 6.92 Å². The Hall–Kier alpha value is -2.72. The summed E-state index contributed by atoms with van der Waals surface area (Å²) in [5, 5.41) is 4.73. The molecule has 2 aromatic rings. The summed E-state index contributed by atoms with van der Waals surface area (Å²) in [4.78, 5) is 26.8. The molecule has 2 N–H and O–H groups in total. The predicted molar refractivity (Wildman–Crippen MR) is 125 cm³/mol. The second kappa shape index (κ2) is 10.9. The summed E-state index contributed by atoms with van der Waals surface area (Å²) in [5.74, 6) is -0.713. The van der Waals surface area contributed by atoms with Crippen LogP contribution in [0.4, 0.5) is 30.2 Å². The van der Waals surface area contributed by atoms with Gasteiger partial charge in [0, 0.05) is 18.8 Å². The Morgan fingerprint density at radius 2 is 1.76 bits per heavy atom. The van der Waals surface area contributed by atoms with Crippen LogP contribution in [0.3, 0.4) is 0 Å². The van der Waals surface area contributed by atoms with E-state index >= 15 is 0 Å². The van der Waals surface area contributed by atoms with Crippen LogP contribution in [0.15, 0.2) is 42.5 Å². The number of morpholine rings is 1. The minimum atomic E-state index is -4.53. The van der Waals surface area contributed by atoms with Gasteiger partial charge in [-0.05, 0) is 44.2 Å². The number of carbonyl (C=O) groups excluding carboxylic acids is 2. The normalized spacial score (nSPS) is 15.1. The molecule has 6 nitrogen and oxygen atoms in total. The van der Waals surface area contributed by atoms with Crippen molar-refractivity contribution < 1.29 is 27.5 Å². The van der Waals surface area contributed by atoms with E-state index in [1.165, 1.54) is 6.07 Å². The molecule has 0 aromatic heterocycles. The van der Waals surface area contributed by atoms with Gasteiger partial charge in [-0.25, -0.2) is 0 Å². The largest absolute Gasteiger partial charge is 0.416 e. The first-order chi connectivity index (χ1) is 15.6. The van der Waals surface area contributed by atoms with Crippen LogP contribution >= 0.6 is 11.8 Å². The number of nitrogens with zero attached hydrogens (tertiary/aromatic N) is 1. The van der Waals surface area contributed by atoms with Gasteiger partial charge in [-0.2, -0.15) is 13.2 Å². The number of rotatable bonds is 7. The lowest BCUT2D eigenvalue weighted by Gasteiger charge is -2.31. The van der Waals surface area contributed by atoms with Crippen LogP contribution in [0.5, 0.6) is 0 Å². The molecule has 2 amide bonds. The molecule has 1 atom stereocenters. The first kappa shape index (κ1) is 24.9. The Morgan fingerprint density at radius 1 is 1.09 bits per heavy atom. The van der Waals surface area contributed by atoms with Crippen LogP contribution in [0.25, 0.3) is 0 Å². The van der Waals surface area contributed by atoms with Crippen LogP contribution in [-0.2, 0) is 20.5 Å². The standard InChI is InChI=1S/C23H26F3N3O3S/c1-15-3-6-18(7-4-15)27-21(30)14-33-16(2)22(31)28-19-13-17(23(24,25)26)5-8-20(19)29-9-11-32-12-10-29/h3-8,13,16H,9-12,14H2,1-2H3,(H,27,30)(H,28,31). The van der Waals surface area contributed by atoms with Crippen molar-refractivity contribution in [2.75, 3.05) is 47.6 Å². The molecule has 1 unspecified atom stereocenters. The molecule has 178 valence electrons. The van der Waals surface area contributed by atoms with Crippen molar-refractivity contribution in [3.63, 3.8) is 0 Å². The van der Waals surface area contributed by atoms with Gasteiger partial charge in [0.15, 0.2) is 0 Å². The summed E-state index contributed by atoms with van der Waals surface area (Å²) in [5.41, 5.74) is 1.48. The minimum Gasteiger partial charge on any atom is -0.378 e. The lowest BCUT2D eigenvalue weighted by Crippen LogP contribution is -2.37. The van der Waals surface area contributed by atoms with Gasteiger partial charge in [0.1, 0.15) is 0 Å². The van der Waals surface area contributed by atoms with E-state index in [9.17, 15) is 22.8 Å². The van der Waals surface area contributed by atoms with E-state index in [0.717, 1.165) is 29.5 Å². The first-order valence-electron chi connectivity index (χ1n) is 10.5. The fraction of sp³-hybridized carbons (Fsp3) is 0.391. The molecule has 0 spiro atoms. The third-order valence-electron chi connectivity index (χ3n) is 5.10. The topological polar surface area (TPSA) is 70.7 Å². The van der Waals surface area contributed by atoms with Crippen LogP contribution in [0.1, 0.15) is 18.1 Å². The molecular formula is C23H26F3N3O3S. The van der Waals surface area contributed by atoms with Crippen molar-refractivity contribution in [1.29, 1.82) is 0 Å². The van der Waals surface area contributed by atoms with Crippen molar-refractivity contribution in [3.05, 3.63) is 53.6 Å². The summed E-state index contributed by atoms with van der Waals surface area (Å²) in [6.07, 6.45) is -4.53. The van der Waals surface area contributed by atoms with E-state index < -0.39 is 22.9 Å². The summed E-state index contributed by atoms with van der Waals surface area (Å²) in [6, 6.07) is 10.7. The van der Waals surface area contributed by atoms with E-state index in [2.05, 4.69) is 10.6 Å². The Balaban J connectivity index is 1.64. The Bertz CT molecular complexity index is 977. The molecule has 0 radical (unpaired) electrons. The number of halogens is 3. The number of benzene rings is 2. The van der Waals surface area contributed by atoms with Gasteiger partial charge in [0.2, 0.25) is 11.8 Å². The van der Waals surface area contributed by atoms with Crippen molar-refractivity contribution in [2.45, 2.75) is 25.3 Å². The van der Waals surface area contributed by atoms with E-state index in [4.69, 9.17) is 4.74 Å². The minimum absolute atomic E-state index is 0.0291. The van der Waals surface area contributed by atoms with Crippen molar-refractivity contribution in [2.24, 2.45) is 0 Å². The molecular weight excluding hydrogens is 455 g/mol. The highest BCUT2D eigenvalue weighted by molar-refractivity contribution is 8.01. The smallest absolute Gasteiger partial charge is 0.378 e. The number of aryl methyl sites for hydroxylation is 1. The predicted octanol–water partition coefficient (Wildman–Crippen LogP) is 4.55. The zero-order valence-electron chi connectivity index (χ0n) is 18.4. The average Bonchev–Trinajstić information content (AvgIpc) is 2.79. The number of amides is 2. The fourth-order valence-corrected chi connectivity index (χ4v) is 3.92. The van der Waals surface area contributed by atoms with E-state index in [0.29, 0.717) is 37.7 Å². The van der Waals surface area contributed by atoms with Gasteiger partial charge in [0.25, 0.3) is 0 Å². The quantitative estimate of drug-likeness (QED) is 0.607. The van der Waals surface area contributed by atoms with E-state index in [1.54, 1.807) is 19.1 Å². The number of anilines is 3. The molecule has 10 heteroatoms. The highest BCUT2D eigenvalue weighted by atomic mass is 32.2. The van der Waals surface area contributed by atoms with Gasteiger partial charge >= 0.3 is 6.18 Å². The molecule has 1 aliphatic rings. The highest BCUT2D eigenvalue weighted by Crippen LogP contribution is 2.36. The third-order valence-corrected chi connectivity index (χ3v) is 6.25. The molecule has 0 bridgehead atoms. The molecule has 0 saturated carbocycles. The maximum Gasteiger partial charge on any atom is 0.416 e. The molecule has 3 rings (SSSR count). The summed E-state index contributed by atoms with van der Waals surface area (Å²) in [7, 11) is 0. The summed E-state index contributed by atoms with van der Waals surface area (Å²) in [6.45, 7) is 5.49. The maximum atomic E-state index is 13.3. The first-order valence-corrected chi connectivity index (χ1v) is 11.5. The third kappa shape index (κ3) is 7.13. The molecule has 2 aromatic carbocycles. The van der Waals surface area contributed by atoms with Gasteiger partial charge in [-0.15, -0.1) is 11.8 Å². The van der Waals surface area contributed by atoms with E-state index in [1.807, 2.05) is 24.0 Å². The number of thioether (sulfide) groups is 1. The number of hydrogen-bond acceptors (Lipinski definition) is 5. The summed E-state index contributed by atoms with van der Waals surface area (Å²) < 4.78 is 45.1. The van der Waals surface area contributed by atoms with Gasteiger partial charge in [-0.3, -0.25) is 9.59 Å². The SMILES string of the molecule is Cc1ccc(NC(=O)CSC(C)C(=O)Nc2cc(C(F)(F)F)ccc2N2CCOCC2)cc1. The van der Waals surface area contributed by atoms with Gasteiger partial charge < -0.3 is 20.3 Å². The van der Waals surface area contributed by atoms with Crippen LogP contribution < -0.4 is 15.5 Å². The average molecular weight is 482 g/mol. The van der Waals surface area contributed by atoms with E-state index in [-0.39, 0.29) is 17.3 Å². The van der Waals surface area contributed by atoms with Gasteiger partial charge in [0.05, 0.1) is 41.2 Å². The zero-order chi connectivity index (χ0) is 24.0. The van der Waals surface area contributed by atoms with Crippen molar-refractivity contribution in [3.8, 4) is 0 Å². The molecule has 1 aliphatic heterocycles. The number of ether oxygens (including phenoxy) is 1. The monoisotopic (exact) mass is 481 g/mol. The summed E-state index contributed by atoms with van der Waals surface area (Å²) >= 11 is 1.11.